The zero-order valence-corrected chi connectivity index (χ0v) is 11.2. The molecule has 0 aliphatic heterocycles. The number of rotatable bonds is 5. The molecular weight excluding hydrogens is 238 g/mol. The van der Waals surface area contributed by atoms with Crippen molar-refractivity contribution in [2.24, 2.45) is 5.73 Å². The molecule has 1 aromatic carbocycles. The topological polar surface area (TPSA) is 69.4 Å². The average molecular weight is 259 g/mol. The lowest BCUT2D eigenvalue weighted by Crippen LogP contribution is -2.05. The molecule has 0 atom stereocenters. The standard InChI is InChI=1S/C8H10O3S.C4H11N/c1-2-11-12(9,10)8-6-4-3-5-7-8;1-2-3-4-5/h3-7H,2H2,1H3;2-5H2,1H3. The second kappa shape index (κ2) is 9.15. The highest BCUT2D eigenvalue weighted by Gasteiger charge is 2.12. The molecule has 0 aliphatic rings. The first kappa shape index (κ1) is 16.1. The average Bonchev–Trinajstić information content (AvgIpc) is 2.32. The van der Waals surface area contributed by atoms with Crippen LogP contribution < -0.4 is 5.73 Å². The summed E-state index contributed by atoms with van der Waals surface area (Å²) >= 11 is 0. The van der Waals surface area contributed by atoms with Crippen LogP contribution in [-0.4, -0.2) is 21.6 Å². The molecule has 1 aromatic rings. The molecule has 0 aliphatic carbocycles. The molecule has 0 aromatic heterocycles. The molecule has 98 valence electrons. The smallest absolute Gasteiger partial charge is 0.296 e. The van der Waals surface area contributed by atoms with Crippen molar-refractivity contribution in [3.05, 3.63) is 30.3 Å². The van der Waals surface area contributed by atoms with Crippen molar-refractivity contribution in [2.75, 3.05) is 13.2 Å². The van der Waals surface area contributed by atoms with E-state index in [2.05, 4.69) is 11.1 Å². The Morgan fingerprint density at radius 2 is 1.76 bits per heavy atom. The van der Waals surface area contributed by atoms with E-state index in [0.29, 0.717) is 0 Å². The molecule has 5 heteroatoms. The summed E-state index contributed by atoms with van der Waals surface area (Å²) in [7, 11) is -3.51. The lowest BCUT2D eigenvalue weighted by Gasteiger charge is -2.01. The summed E-state index contributed by atoms with van der Waals surface area (Å²) in [5.41, 5.74) is 5.14. The van der Waals surface area contributed by atoms with Crippen LogP contribution in [0.25, 0.3) is 0 Å². The van der Waals surface area contributed by atoms with Crippen LogP contribution in [0.15, 0.2) is 35.2 Å². The molecule has 0 unspecified atom stereocenters. The maximum absolute atomic E-state index is 11.2. The summed E-state index contributed by atoms with van der Waals surface area (Å²) in [5, 5.41) is 0. The Kier molecular flexibility index (Phi) is 8.66. The van der Waals surface area contributed by atoms with E-state index in [1.165, 1.54) is 25.0 Å². The molecule has 0 saturated heterocycles. The van der Waals surface area contributed by atoms with Gasteiger partial charge in [0.05, 0.1) is 11.5 Å². The van der Waals surface area contributed by atoms with E-state index in [0.717, 1.165) is 6.54 Å². The van der Waals surface area contributed by atoms with Crippen molar-refractivity contribution in [3.8, 4) is 0 Å². The molecular formula is C12H21NO3S. The van der Waals surface area contributed by atoms with Gasteiger partial charge in [-0.15, -0.1) is 0 Å². The van der Waals surface area contributed by atoms with Crippen molar-refractivity contribution in [3.63, 3.8) is 0 Å². The van der Waals surface area contributed by atoms with Crippen LogP contribution in [0, 0.1) is 0 Å². The van der Waals surface area contributed by atoms with Crippen LogP contribution in [0.4, 0.5) is 0 Å². The summed E-state index contributed by atoms with van der Waals surface area (Å²) in [6.45, 7) is 4.78. The predicted octanol–water partition coefficient (Wildman–Crippen LogP) is 2.16. The van der Waals surface area contributed by atoms with Crippen molar-refractivity contribution in [1.82, 2.24) is 0 Å². The van der Waals surface area contributed by atoms with Gasteiger partial charge in [0.25, 0.3) is 10.1 Å². The maximum atomic E-state index is 11.2. The fraction of sp³-hybridized carbons (Fsp3) is 0.500. The monoisotopic (exact) mass is 259 g/mol. The fourth-order valence-electron chi connectivity index (χ4n) is 1.01. The molecule has 0 fully saturated rings. The quantitative estimate of drug-likeness (QED) is 0.823. The van der Waals surface area contributed by atoms with Gasteiger partial charge in [-0.05, 0) is 32.0 Å². The number of hydrogen-bond donors (Lipinski definition) is 1. The van der Waals surface area contributed by atoms with Gasteiger partial charge in [0.1, 0.15) is 0 Å². The Balaban J connectivity index is 0.000000437. The van der Waals surface area contributed by atoms with Gasteiger partial charge in [0.2, 0.25) is 0 Å². The molecule has 0 saturated carbocycles. The van der Waals surface area contributed by atoms with Crippen LogP contribution in [0.3, 0.4) is 0 Å². The SMILES string of the molecule is CCCCN.CCOS(=O)(=O)c1ccccc1. The molecule has 0 heterocycles. The molecule has 0 amide bonds. The largest absolute Gasteiger partial charge is 0.330 e. The Morgan fingerprint density at radius 1 is 1.18 bits per heavy atom. The Labute approximate surface area is 104 Å². The van der Waals surface area contributed by atoms with E-state index in [1.54, 1.807) is 25.1 Å². The van der Waals surface area contributed by atoms with Crippen LogP contribution >= 0.6 is 0 Å². The van der Waals surface area contributed by atoms with Crippen molar-refractivity contribution in [2.45, 2.75) is 31.6 Å². The first-order valence-electron chi connectivity index (χ1n) is 5.73. The number of nitrogens with two attached hydrogens (primary N) is 1. The van der Waals surface area contributed by atoms with Crippen molar-refractivity contribution in [1.29, 1.82) is 0 Å². The van der Waals surface area contributed by atoms with E-state index in [9.17, 15) is 8.42 Å². The van der Waals surface area contributed by atoms with Gasteiger partial charge in [0.15, 0.2) is 0 Å². The molecule has 0 bridgehead atoms. The highest BCUT2D eigenvalue weighted by molar-refractivity contribution is 7.86. The minimum Gasteiger partial charge on any atom is -0.330 e. The third-order valence-electron chi connectivity index (χ3n) is 1.86. The van der Waals surface area contributed by atoms with E-state index < -0.39 is 10.1 Å². The van der Waals surface area contributed by atoms with Crippen LogP contribution in [0.5, 0.6) is 0 Å². The summed E-state index contributed by atoms with van der Waals surface area (Å²) in [6, 6.07) is 8.08. The number of unbranched alkanes of at least 4 members (excludes halogenated alkanes) is 1. The Bertz CT molecular complexity index is 374. The Morgan fingerprint density at radius 3 is 2.12 bits per heavy atom. The highest BCUT2D eigenvalue weighted by atomic mass is 32.2. The second-order valence-electron chi connectivity index (χ2n) is 3.32. The zero-order valence-electron chi connectivity index (χ0n) is 10.4. The summed E-state index contributed by atoms with van der Waals surface area (Å²) < 4.78 is 27.0. The van der Waals surface area contributed by atoms with Crippen LogP contribution in [0.2, 0.25) is 0 Å². The van der Waals surface area contributed by atoms with Gasteiger partial charge in [-0.3, -0.25) is 4.18 Å². The number of benzene rings is 1. The molecule has 2 N–H and O–H groups in total. The van der Waals surface area contributed by atoms with Crippen LogP contribution in [0.1, 0.15) is 26.7 Å². The van der Waals surface area contributed by atoms with Crippen LogP contribution in [-0.2, 0) is 14.3 Å². The summed E-state index contributed by atoms with van der Waals surface area (Å²) in [4.78, 5) is 0.201. The fourth-order valence-corrected chi connectivity index (χ4v) is 1.95. The van der Waals surface area contributed by atoms with Crippen molar-refractivity contribution < 1.29 is 12.6 Å². The summed E-state index contributed by atoms with van der Waals surface area (Å²) in [6.07, 6.45) is 2.39. The van der Waals surface area contributed by atoms with Gasteiger partial charge >= 0.3 is 0 Å². The molecule has 0 radical (unpaired) electrons. The molecule has 4 nitrogen and oxygen atoms in total. The maximum Gasteiger partial charge on any atom is 0.296 e. The molecule has 17 heavy (non-hydrogen) atoms. The van der Waals surface area contributed by atoms with E-state index >= 15 is 0 Å². The second-order valence-corrected chi connectivity index (χ2v) is 4.93. The number of hydrogen-bond acceptors (Lipinski definition) is 4. The minimum atomic E-state index is -3.51. The van der Waals surface area contributed by atoms with E-state index in [4.69, 9.17) is 5.73 Å². The lowest BCUT2D eigenvalue weighted by atomic mass is 10.3. The normalized spacial score (nSPS) is 10.5. The molecule has 1 rings (SSSR count). The van der Waals surface area contributed by atoms with Gasteiger partial charge in [-0.25, -0.2) is 0 Å². The summed E-state index contributed by atoms with van der Waals surface area (Å²) in [5.74, 6) is 0. The lowest BCUT2D eigenvalue weighted by molar-refractivity contribution is 0.338. The third-order valence-corrected chi connectivity index (χ3v) is 3.26. The first-order chi connectivity index (χ1) is 8.08. The predicted molar refractivity (Wildman–Crippen MR) is 69.2 cm³/mol. The first-order valence-corrected chi connectivity index (χ1v) is 7.13. The zero-order chi connectivity index (χ0) is 13.1. The van der Waals surface area contributed by atoms with E-state index in [1.807, 2.05) is 0 Å². The Hall–Kier alpha value is -0.910. The van der Waals surface area contributed by atoms with Gasteiger partial charge in [0, 0.05) is 0 Å². The highest BCUT2D eigenvalue weighted by Crippen LogP contribution is 2.10. The van der Waals surface area contributed by atoms with Crippen molar-refractivity contribution >= 4 is 10.1 Å². The van der Waals surface area contributed by atoms with E-state index in [-0.39, 0.29) is 11.5 Å². The molecule has 0 spiro atoms. The van der Waals surface area contributed by atoms with Gasteiger partial charge < -0.3 is 5.73 Å². The third kappa shape index (κ3) is 7.10. The van der Waals surface area contributed by atoms with Gasteiger partial charge in [-0.1, -0.05) is 31.5 Å². The minimum absolute atomic E-state index is 0.164. The van der Waals surface area contributed by atoms with Gasteiger partial charge in [-0.2, -0.15) is 8.42 Å².